The Labute approximate surface area is 100 Å². The van der Waals surface area contributed by atoms with Crippen LogP contribution in [0.15, 0.2) is 36.7 Å². The van der Waals surface area contributed by atoms with Crippen molar-refractivity contribution in [1.29, 1.82) is 0 Å². The number of hydrogen-bond acceptors (Lipinski definition) is 5. The van der Waals surface area contributed by atoms with E-state index in [1.165, 1.54) is 6.33 Å². The van der Waals surface area contributed by atoms with Gasteiger partial charge in [-0.25, -0.2) is 9.97 Å². The maximum Gasteiger partial charge on any atom is 0.135 e. The summed E-state index contributed by atoms with van der Waals surface area (Å²) in [5, 5.41) is 6.16. The third kappa shape index (κ3) is 2.92. The minimum Gasteiger partial charge on any atom is -0.373 e. The third-order valence-corrected chi connectivity index (χ3v) is 2.39. The molecule has 0 unspecified atom stereocenters. The van der Waals surface area contributed by atoms with Crippen LogP contribution in [0.2, 0.25) is 0 Å². The van der Waals surface area contributed by atoms with Gasteiger partial charge < -0.3 is 16.4 Å². The molecule has 0 aliphatic rings. The molecule has 0 aliphatic carbocycles. The highest BCUT2D eigenvalue weighted by Crippen LogP contribution is 2.16. The molecule has 4 N–H and O–H groups in total. The fourth-order valence-electron chi connectivity index (χ4n) is 1.43. The first-order valence-electron chi connectivity index (χ1n) is 5.37. The lowest BCUT2D eigenvalue weighted by Crippen LogP contribution is -1.99. The van der Waals surface area contributed by atoms with Crippen molar-refractivity contribution in [3.8, 4) is 0 Å². The van der Waals surface area contributed by atoms with Crippen molar-refractivity contribution in [2.24, 2.45) is 5.73 Å². The molecule has 5 heteroatoms. The van der Waals surface area contributed by atoms with Gasteiger partial charge in [-0.15, -0.1) is 0 Å². The zero-order valence-electron chi connectivity index (χ0n) is 9.64. The van der Waals surface area contributed by atoms with Gasteiger partial charge in [0.25, 0.3) is 0 Å². The van der Waals surface area contributed by atoms with E-state index in [9.17, 15) is 0 Å². The maximum absolute atomic E-state index is 5.54. The van der Waals surface area contributed by atoms with Crippen molar-refractivity contribution in [3.05, 3.63) is 42.2 Å². The average Bonchev–Trinajstić information content (AvgIpc) is 2.40. The number of benzene rings is 1. The van der Waals surface area contributed by atoms with Crippen LogP contribution in [0.1, 0.15) is 5.56 Å². The first kappa shape index (κ1) is 11.3. The third-order valence-electron chi connectivity index (χ3n) is 2.39. The van der Waals surface area contributed by atoms with Gasteiger partial charge in [0.05, 0.1) is 0 Å². The SMILES string of the molecule is CNc1cc(Nc2ccc(CN)cc2)ncn1. The van der Waals surface area contributed by atoms with Gasteiger partial charge in [0, 0.05) is 25.3 Å². The quantitative estimate of drug-likeness (QED) is 0.744. The number of nitrogens with two attached hydrogens (primary N) is 1. The van der Waals surface area contributed by atoms with Gasteiger partial charge in [0.15, 0.2) is 0 Å². The van der Waals surface area contributed by atoms with Crippen LogP contribution in [-0.4, -0.2) is 17.0 Å². The zero-order valence-corrected chi connectivity index (χ0v) is 9.64. The summed E-state index contributed by atoms with van der Waals surface area (Å²) in [5.41, 5.74) is 7.62. The summed E-state index contributed by atoms with van der Waals surface area (Å²) in [6.45, 7) is 0.553. The first-order chi connectivity index (χ1) is 8.31. The lowest BCUT2D eigenvalue weighted by atomic mass is 10.2. The molecule has 1 heterocycles. The molecule has 2 rings (SSSR count). The fraction of sp³-hybridized carbons (Fsp3) is 0.167. The number of anilines is 3. The Bertz CT molecular complexity index is 481. The predicted octanol–water partition coefficient (Wildman–Crippen LogP) is 1.72. The highest BCUT2D eigenvalue weighted by molar-refractivity contribution is 5.58. The number of rotatable bonds is 4. The van der Waals surface area contributed by atoms with Crippen molar-refractivity contribution in [2.75, 3.05) is 17.7 Å². The van der Waals surface area contributed by atoms with Crippen LogP contribution in [0.3, 0.4) is 0 Å². The highest BCUT2D eigenvalue weighted by Gasteiger charge is 1.98. The molecule has 1 aromatic heterocycles. The van der Waals surface area contributed by atoms with Crippen LogP contribution >= 0.6 is 0 Å². The molecule has 0 atom stereocenters. The molecule has 0 bridgehead atoms. The van der Waals surface area contributed by atoms with E-state index in [0.29, 0.717) is 6.54 Å². The molecular formula is C12H15N5. The van der Waals surface area contributed by atoms with E-state index in [2.05, 4.69) is 20.6 Å². The zero-order chi connectivity index (χ0) is 12.1. The molecule has 1 aromatic carbocycles. The smallest absolute Gasteiger partial charge is 0.135 e. The summed E-state index contributed by atoms with van der Waals surface area (Å²) in [5.74, 6) is 1.53. The maximum atomic E-state index is 5.54. The van der Waals surface area contributed by atoms with Gasteiger partial charge >= 0.3 is 0 Å². The minimum atomic E-state index is 0.553. The molecule has 0 amide bonds. The minimum absolute atomic E-state index is 0.553. The second kappa shape index (κ2) is 5.27. The average molecular weight is 229 g/mol. The second-order valence-electron chi connectivity index (χ2n) is 3.56. The van der Waals surface area contributed by atoms with E-state index in [4.69, 9.17) is 5.73 Å². The number of nitrogens with one attached hydrogen (secondary N) is 2. The summed E-state index contributed by atoms with van der Waals surface area (Å²) >= 11 is 0. The summed E-state index contributed by atoms with van der Waals surface area (Å²) < 4.78 is 0. The Kier molecular flexibility index (Phi) is 3.52. The van der Waals surface area contributed by atoms with Crippen LogP contribution < -0.4 is 16.4 Å². The molecular weight excluding hydrogens is 214 g/mol. The van der Waals surface area contributed by atoms with Crippen molar-refractivity contribution in [2.45, 2.75) is 6.54 Å². The largest absolute Gasteiger partial charge is 0.373 e. The fourth-order valence-corrected chi connectivity index (χ4v) is 1.43. The first-order valence-corrected chi connectivity index (χ1v) is 5.37. The van der Waals surface area contributed by atoms with Gasteiger partial charge in [0.2, 0.25) is 0 Å². The molecule has 0 radical (unpaired) electrons. The van der Waals surface area contributed by atoms with Crippen LogP contribution in [-0.2, 0) is 6.54 Å². The molecule has 0 saturated heterocycles. The van der Waals surface area contributed by atoms with E-state index in [0.717, 1.165) is 22.9 Å². The topological polar surface area (TPSA) is 75.9 Å². The Morgan fingerprint density at radius 1 is 1.12 bits per heavy atom. The van der Waals surface area contributed by atoms with E-state index in [1.807, 2.05) is 37.4 Å². The summed E-state index contributed by atoms with van der Waals surface area (Å²) in [4.78, 5) is 8.19. The standard InChI is InChI=1S/C12H15N5/c1-14-11-6-12(16-8-15-11)17-10-4-2-9(7-13)3-5-10/h2-6,8H,7,13H2,1H3,(H2,14,15,16,17). The molecule has 2 aromatic rings. The van der Waals surface area contributed by atoms with E-state index >= 15 is 0 Å². The van der Waals surface area contributed by atoms with E-state index in [1.54, 1.807) is 0 Å². The van der Waals surface area contributed by atoms with Gasteiger partial charge in [0.1, 0.15) is 18.0 Å². The highest BCUT2D eigenvalue weighted by atomic mass is 15.1. The van der Waals surface area contributed by atoms with Crippen LogP contribution in [0.5, 0.6) is 0 Å². The van der Waals surface area contributed by atoms with Gasteiger partial charge in [-0.3, -0.25) is 0 Å². The normalized spacial score (nSPS) is 10.0. The Hall–Kier alpha value is -2.14. The van der Waals surface area contributed by atoms with Crippen molar-refractivity contribution < 1.29 is 0 Å². The summed E-state index contributed by atoms with van der Waals surface area (Å²) in [7, 11) is 1.82. The second-order valence-corrected chi connectivity index (χ2v) is 3.56. The van der Waals surface area contributed by atoms with E-state index in [-0.39, 0.29) is 0 Å². The van der Waals surface area contributed by atoms with Crippen molar-refractivity contribution >= 4 is 17.3 Å². The number of hydrogen-bond donors (Lipinski definition) is 3. The lowest BCUT2D eigenvalue weighted by Gasteiger charge is -2.07. The van der Waals surface area contributed by atoms with Crippen molar-refractivity contribution in [3.63, 3.8) is 0 Å². The van der Waals surface area contributed by atoms with Gasteiger partial charge in [-0.2, -0.15) is 0 Å². The molecule has 0 aliphatic heterocycles. The van der Waals surface area contributed by atoms with E-state index < -0.39 is 0 Å². The Morgan fingerprint density at radius 2 is 1.82 bits per heavy atom. The predicted molar refractivity (Wildman–Crippen MR) is 69.2 cm³/mol. The molecule has 88 valence electrons. The molecule has 0 fully saturated rings. The molecule has 17 heavy (non-hydrogen) atoms. The van der Waals surface area contributed by atoms with Gasteiger partial charge in [-0.1, -0.05) is 12.1 Å². The monoisotopic (exact) mass is 229 g/mol. The molecule has 0 saturated carbocycles. The molecule has 5 nitrogen and oxygen atoms in total. The number of aromatic nitrogens is 2. The Balaban J connectivity index is 2.13. The Morgan fingerprint density at radius 3 is 2.47 bits per heavy atom. The van der Waals surface area contributed by atoms with Crippen LogP contribution in [0, 0.1) is 0 Å². The van der Waals surface area contributed by atoms with Gasteiger partial charge in [-0.05, 0) is 17.7 Å². The molecule has 0 spiro atoms. The number of nitrogens with zero attached hydrogens (tertiary/aromatic N) is 2. The summed E-state index contributed by atoms with van der Waals surface area (Å²) in [6, 6.07) is 9.77. The van der Waals surface area contributed by atoms with Crippen LogP contribution in [0.25, 0.3) is 0 Å². The van der Waals surface area contributed by atoms with Crippen molar-refractivity contribution in [1.82, 2.24) is 9.97 Å². The summed E-state index contributed by atoms with van der Waals surface area (Å²) in [6.07, 6.45) is 1.52. The lowest BCUT2D eigenvalue weighted by molar-refractivity contribution is 1.07. The van der Waals surface area contributed by atoms with Crippen LogP contribution in [0.4, 0.5) is 17.3 Å².